The van der Waals surface area contributed by atoms with Crippen LogP contribution >= 0.6 is 0 Å². The molecule has 1 unspecified atom stereocenters. The summed E-state index contributed by atoms with van der Waals surface area (Å²) in [5.74, 6) is 0. The maximum absolute atomic E-state index is 5.55. The first-order chi connectivity index (χ1) is 8.66. The van der Waals surface area contributed by atoms with Gasteiger partial charge in [0, 0.05) is 25.5 Å². The number of benzene rings is 1. The van der Waals surface area contributed by atoms with E-state index in [0.29, 0.717) is 6.10 Å². The molecule has 1 atom stereocenters. The van der Waals surface area contributed by atoms with E-state index < -0.39 is 0 Å². The van der Waals surface area contributed by atoms with E-state index in [1.807, 2.05) is 6.26 Å². The number of hydrogen-bond donors (Lipinski definition) is 1. The van der Waals surface area contributed by atoms with E-state index in [1.54, 1.807) is 0 Å². The second-order valence-electron chi connectivity index (χ2n) is 4.98. The molecule has 2 rings (SSSR count). The Labute approximate surface area is 109 Å². The maximum atomic E-state index is 5.55. The SMILES string of the molecule is Cc1cc(N(C)C)ccc1NCC1CCC=CO1. The lowest BCUT2D eigenvalue weighted by Crippen LogP contribution is -2.23. The fraction of sp³-hybridized carbons (Fsp3) is 0.467. The number of nitrogens with zero attached hydrogens (tertiary/aromatic N) is 1. The van der Waals surface area contributed by atoms with Crippen molar-refractivity contribution in [3.8, 4) is 0 Å². The quantitative estimate of drug-likeness (QED) is 0.883. The molecule has 1 N–H and O–H groups in total. The van der Waals surface area contributed by atoms with Crippen molar-refractivity contribution in [1.29, 1.82) is 0 Å². The minimum absolute atomic E-state index is 0.294. The molecule has 3 heteroatoms. The summed E-state index contributed by atoms with van der Waals surface area (Å²) in [6.07, 6.45) is 6.40. The van der Waals surface area contributed by atoms with Crippen LogP contribution in [0.5, 0.6) is 0 Å². The molecule has 0 aliphatic carbocycles. The van der Waals surface area contributed by atoms with Gasteiger partial charge in [-0.15, -0.1) is 0 Å². The Morgan fingerprint density at radius 3 is 2.83 bits per heavy atom. The summed E-state index contributed by atoms with van der Waals surface area (Å²) in [5, 5.41) is 3.47. The third kappa shape index (κ3) is 3.19. The number of aryl methyl sites for hydroxylation is 1. The van der Waals surface area contributed by atoms with Crippen LogP contribution < -0.4 is 10.2 Å². The average Bonchev–Trinajstić information content (AvgIpc) is 2.38. The number of hydrogen-bond acceptors (Lipinski definition) is 3. The van der Waals surface area contributed by atoms with Crippen molar-refractivity contribution < 1.29 is 4.74 Å². The number of anilines is 2. The lowest BCUT2D eigenvalue weighted by atomic mass is 10.1. The maximum Gasteiger partial charge on any atom is 0.115 e. The highest BCUT2D eigenvalue weighted by Crippen LogP contribution is 2.22. The van der Waals surface area contributed by atoms with Crippen molar-refractivity contribution in [2.75, 3.05) is 30.9 Å². The van der Waals surface area contributed by atoms with E-state index in [2.05, 4.69) is 55.5 Å². The molecule has 0 radical (unpaired) electrons. The highest BCUT2D eigenvalue weighted by Gasteiger charge is 2.11. The predicted molar refractivity (Wildman–Crippen MR) is 77.2 cm³/mol. The van der Waals surface area contributed by atoms with Crippen LogP contribution in [0.1, 0.15) is 18.4 Å². The lowest BCUT2D eigenvalue weighted by molar-refractivity contribution is 0.135. The van der Waals surface area contributed by atoms with Gasteiger partial charge in [-0.25, -0.2) is 0 Å². The van der Waals surface area contributed by atoms with Gasteiger partial charge in [0.15, 0.2) is 0 Å². The molecule has 1 aromatic carbocycles. The molecule has 1 aliphatic heterocycles. The van der Waals surface area contributed by atoms with Crippen LogP contribution in [0.2, 0.25) is 0 Å². The summed E-state index contributed by atoms with van der Waals surface area (Å²) in [6.45, 7) is 3.00. The molecule has 0 bridgehead atoms. The van der Waals surface area contributed by atoms with Crippen LogP contribution in [-0.4, -0.2) is 26.7 Å². The molecule has 1 aromatic rings. The molecule has 1 aliphatic rings. The third-order valence-electron chi connectivity index (χ3n) is 3.27. The van der Waals surface area contributed by atoms with Crippen molar-refractivity contribution in [3.63, 3.8) is 0 Å². The van der Waals surface area contributed by atoms with Crippen molar-refractivity contribution in [3.05, 3.63) is 36.1 Å². The molecule has 0 spiro atoms. The van der Waals surface area contributed by atoms with E-state index in [4.69, 9.17) is 4.74 Å². The fourth-order valence-electron chi connectivity index (χ4n) is 2.08. The molecular weight excluding hydrogens is 224 g/mol. The molecule has 18 heavy (non-hydrogen) atoms. The highest BCUT2D eigenvalue weighted by atomic mass is 16.5. The van der Waals surface area contributed by atoms with Crippen LogP contribution in [0.3, 0.4) is 0 Å². The normalized spacial score (nSPS) is 18.3. The number of allylic oxidation sites excluding steroid dienone is 1. The minimum Gasteiger partial charge on any atom is -0.497 e. The lowest BCUT2D eigenvalue weighted by Gasteiger charge is -2.21. The van der Waals surface area contributed by atoms with Gasteiger partial charge < -0.3 is 15.0 Å². The van der Waals surface area contributed by atoms with Gasteiger partial charge in [-0.1, -0.05) is 0 Å². The van der Waals surface area contributed by atoms with Gasteiger partial charge in [-0.2, -0.15) is 0 Å². The smallest absolute Gasteiger partial charge is 0.115 e. The average molecular weight is 246 g/mol. The fourth-order valence-corrected chi connectivity index (χ4v) is 2.08. The number of nitrogens with one attached hydrogen (secondary N) is 1. The Bertz CT molecular complexity index is 427. The van der Waals surface area contributed by atoms with Crippen molar-refractivity contribution >= 4 is 11.4 Å². The first kappa shape index (κ1) is 12.8. The van der Waals surface area contributed by atoms with Crippen LogP contribution in [0.25, 0.3) is 0 Å². The molecule has 98 valence electrons. The molecule has 1 heterocycles. The monoisotopic (exact) mass is 246 g/mol. The van der Waals surface area contributed by atoms with Crippen molar-refractivity contribution in [1.82, 2.24) is 0 Å². The van der Waals surface area contributed by atoms with Crippen LogP contribution in [0.4, 0.5) is 11.4 Å². The zero-order valence-electron chi connectivity index (χ0n) is 11.4. The zero-order valence-corrected chi connectivity index (χ0v) is 11.4. The minimum atomic E-state index is 0.294. The third-order valence-corrected chi connectivity index (χ3v) is 3.27. The van der Waals surface area contributed by atoms with Gasteiger partial charge in [0.05, 0.1) is 12.8 Å². The Balaban J connectivity index is 1.95. The summed E-state index contributed by atoms with van der Waals surface area (Å²) in [5.41, 5.74) is 3.70. The second kappa shape index (κ2) is 5.80. The first-order valence-electron chi connectivity index (χ1n) is 6.49. The van der Waals surface area contributed by atoms with Crippen LogP contribution in [-0.2, 0) is 4.74 Å². The highest BCUT2D eigenvalue weighted by molar-refractivity contribution is 5.59. The summed E-state index contributed by atoms with van der Waals surface area (Å²) in [4.78, 5) is 2.12. The summed E-state index contributed by atoms with van der Waals surface area (Å²) >= 11 is 0. The Hall–Kier alpha value is -1.64. The standard InChI is InChI=1S/C15H22N2O/c1-12-10-13(17(2)3)7-8-15(12)16-11-14-6-4-5-9-18-14/h5,7-10,14,16H,4,6,11H2,1-3H3. The van der Waals surface area contributed by atoms with E-state index in [9.17, 15) is 0 Å². The molecule has 0 aromatic heterocycles. The molecule has 0 saturated heterocycles. The molecule has 0 saturated carbocycles. The van der Waals surface area contributed by atoms with Gasteiger partial charge in [0.2, 0.25) is 0 Å². The predicted octanol–water partition coefficient (Wildman–Crippen LogP) is 3.17. The van der Waals surface area contributed by atoms with Crippen molar-refractivity contribution in [2.45, 2.75) is 25.9 Å². The van der Waals surface area contributed by atoms with Gasteiger partial charge >= 0.3 is 0 Å². The Kier molecular flexibility index (Phi) is 4.13. The van der Waals surface area contributed by atoms with Gasteiger partial charge in [0.1, 0.15) is 6.10 Å². The summed E-state index contributed by atoms with van der Waals surface area (Å²) < 4.78 is 5.55. The molecule has 0 amide bonds. The largest absolute Gasteiger partial charge is 0.497 e. The second-order valence-corrected chi connectivity index (χ2v) is 4.98. The summed E-state index contributed by atoms with van der Waals surface area (Å²) in [7, 11) is 4.12. The van der Waals surface area contributed by atoms with E-state index in [-0.39, 0.29) is 0 Å². The topological polar surface area (TPSA) is 24.5 Å². The first-order valence-corrected chi connectivity index (χ1v) is 6.49. The molecular formula is C15H22N2O. The van der Waals surface area contributed by atoms with E-state index in [1.165, 1.54) is 16.9 Å². The van der Waals surface area contributed by atoms with E-state index in [0.717, 1.165) is 19.4 Å². The van der Waals surface area contributed by atoms with Crippen LogP contribution in [0, 0.1) is 6.92 Å². The van der Waals surface area contributed by atoms with Gasteiger partial charge in [-0.05, 0) is 49.6 Å². The number of rotatable bonds is 4. The van der Waals surface area contributed by atoms with E-state index >= 15 is 0 Å². The van der Waals surface area contributed by atoms with Gasteiger partial charge in [-0.3, -0.25) is 0 Å². The summed E-state index contributed by atoms with van der Waals surface area (Å²) in [6, 6.07) is 6.48. The Morgan fingerprint density at radius 2 is 2.22 bits per heavy atom. The molecule has 3 nitrogen and oxygen atoms in total. The number of ether oxygens (including phenoxy) is 1. The van der Waals surface area contributed by atoms with Crippen LogP contribution in [0.15, 0.2) is 30.5 Å². The Morgan fingerprint density at radius 1 is 1.39 bits per heavy atom. The zero-order chi connectivity index (χ0) is 13.0. The van der Waals surface area contributed by atoms with Crippen molar-refractivity contribution in [2.24, 2.45) is 0 Å². The molecule has 0 fully saturated rings. The van der Waals surface area contributed by atoms with Gasteiger partial charge in [0.25, 0.3) is 0 Å².